The molecule has 9 heteroatoms. The van der Waals surface area contributed by atoms with Crippen molar-refractivity contribution in [3.63, 3.8) is 0 Å². The molecule has 0 aliphatic rings. The number of carbonyl (C=O) groups is 1. The molecule has 0 amide bonds. The molecular weight excluding hydrogens is 256 g/mol. The third-order valence-corrected chi connectivity index (χ3v) is 2.63. The zero-order valence-corrected chi connectivity index (χ0v) is 9.86. The van der Waals surface area contributed by atoms with Gasteiger partial charge < -0.3 is 10.4 Å². The summed E-state index contributed by atoms with van der Waals surface area (Å²) in [5, 5.41) is 29.5. The van der Waals surface area contributed by atoms with Crippen LogP contribution in [0.1, 0.15) is 13.3 Å². The summed E-state index contributed by atoms with van der Waals surface area (Å²) in [6.07, 6.45) is 0.346. The minimum Gasteiger partial charge on any atom is -0.480 e. The molecule has 0 saturated heterocycles. The normalized spacial score (nSPS) is 12.3. The van der Waals surface area contributed by atoms with Crippen molar-refractivity contribution in [2.75, 3.05) is 5.32 Å². The highest BCUT2D eigenvalue weighted by Crippen LogP contribution is 2.29. The van der Waals surface area contributed by atoms with Gasteiger partial charge in [0.1, 0.15) is 6.04 Å². The Morgan fingerprint density at radius 2 is 2.21 bits per heavy atom. The molecule has 2 rings (SSSR count). The lowest BCUT2D eigenvalue weighted by atomic mass is 10.2. The number of nitrogens with zero attached hydrogens (tertiary/aromatic N) is 3. The first kappa shape index (κ1) is 12.7. The number of carboxylic acid groups (broad SMARTS) is 1. The smallest absolute Gasteiger partial charge is 0.326 e. The van der Waals surface area contributed by atoms with Gasteiger partial charge in [0.15, 0.2) is 5.52 Å². The van der Waals surface area contributed by atoms with Crippen LogP contribution in [0, 0.1) is 10.1 Å². The maximum Gasteiger partial charge on any atom is 0.326 e. The molecule has 1 atom stereocenters. The van der Waals surface area contributed by atoms with Crippen molar-refractivity contribution < 1.29 is 19.5 Å². The molecule has 1 aromatic heterocycles. The highest BCUT2D eigenvalue weighted by atomic mass is 16.6. The monoisotopic (exact) mass is 266 g/mol. The first-order chi connectivity index (χ1) is 9.04. The zero-order valence-electron chi connectivity index (χ0n) is 9.86. The van der Waals surface area contributed by atoms with Gasteiger partial charge in [-0.1, -0.05) is 6.92 Å². The molecule has 1 unspecified atom stereocenters. The van der Waals surface area contributed by atoms with E-state index in [1.807, 2.05) is 0 Å². The molecule has 0 aliphatic heterocycles. The standard InChI is InChI=1S/C10H10N4O5/c1-2-5(10(15)16)11-6-3-4-7(14(17)18)9-8(6)12-19-13-9/h3-5,11H,2H2,1H3,(H,15,16). The second kappa shape index (κ2) is 4.88. The number of aliphatic carboxylic acids is 1. The van der Waals surface area contributed by atoms with E-state index in [1.54, 1.807) is 6.92 Å². The molecule has 0 bridgehead atoms. The Labute approximate surface area is 106 Å². The van der Waals surface area contributed by atoms with E-state index in [0.29, 0.717) is 12.1 Å². The molecule has 0 radical (unpaired) electrons. The van der Waals surface area contributed by atoms with E-state index in [-0.39, 0.29) is 16.7 Å². The minimum atomic E-state index is -1.02. The SMILES string of the molecule is CCC(Nc1ccc([N+](=O)[O-])c2nonc12)C(=O)O. The van der Waals surface area contributed by atoms with Gasteiger partial charge in [-0.25, -0.2) is 9.42 Å². The fourth-order valence-electron chi connectivity index (χ4n) is 1.64. The second-order valence-corrected chi connectivity index (χ2v) is 3.79. The quantitative estimate of drug-likeness (QED) is 0.613. The number of rotatable bonds is 5. The van der Waals surface area contributed by atoms with Crippen molar-refractivity contribution in [1.82, 2.24) is 10.3 Å². The molecule has 2 N–H and O–H groups in total. The summed E-state index contributed by atoms with van der Waals surface area (Å²) in [5.74, 6) is -1.02. The van der Waals surface area contributed by atoms with Crippen LogP contribution in [0.5, 0.6) is 0 Å². The molecule has 0 aliphatic carbocycles. The number of benzene rings is 1. The first-order valence-corrected chi connectivity index (χ1v) is 5.43. The predicted octanol–water partition coefficient (Wildman–Crippen LogP) is 1.41. The Kier molecular flexibility index (Phi) is 3.27. The molecule has 1 heterocycles. The van der Waals surface area contributed by atoms with Crippen LogP contribution in [0.15, 0.2) is 16.8 Å². The molecule has 2 aromatic rings. The molecule has 0 fully saturated rings. The Morgan fingerprint density at radius 3 is 2.79 bits per heavy atom. The van der Waals surface area contributed by atoms with Gasteiger partial charge in [0, 0.05) is 6.07 Å². The van der Waals surface area contributed by atoms with Crippen LogP contribution in [0.25, 0.3) is 11.0 Å². The number of nitro groups is 1. The molecule has 19 heavy (non-hydrogen) atoms. The average Bonchev–Trinajstić information content (AvgIpc) is 2.84. The van der Waals surface area contributed by atoms with Crippen LogP contribution >= 0.6 is 0 Å². The van der Waals surface area contributed by atoms with E-state index >= 15 is 0 Å². The van der Waals surface area contributed by atoms with Gasteiger partial charge in [-0.05, 0) is 22.8 Å². The van der Waals surface area contributed by atoms with Crippen LogP contribution in [0.2, 0.25) is 0 Å². The lowest BCUT2D eigenvalue weighted by Crippen LogP contribution is -2.28. The van der Waals surface area contributed by atoms with Crippen LogP contribution in [0.3, 0.4) is 0 Å². The largest absolute Gasteiger partial charge is 0.480 e. The van der Waals surface area contributed by atoms with E-state index in [0.717, 1.165) is 0 Å². The Bertz CT molecular complexity index is 638. The lowest BCUT2D eigenvalue weighted by Gasteiger charge is -2.13. The number of nitro benzene ring substituents is 1. The summed E-state index contributed by atoms with van der Waals surface area (Å²) >= 11 is 0. The maximum absolute atomic E-state index is 11.0. The van der Waals surface area contributed by atoms with Gasteiger partial charge in [0.2, 0.25) is 5.52 Å². The number of non-ortho nitro benzene ring substituents is 1. The number of fused-ring (bicyclic) bond motifs is 1. The molecule has 1 aromatic carbocycles. The topological polar surface area (TPSA) is 131 Å². The van der Waals surface area contributed by atoms with E-state index in [2.05, 4.69) is 20.3 Å². The zero-order chi connectivity index (χ0) is 14.0. The molecule has 0 saturated carbocycles. The van der Waals surface area contributed by atoms with Crippen LogP contribution in [-0.2, 0) is 4.79 Å². The van der Waals surface area contributed by atoms with Crippen LogP contribution < -0.4 is 5.32 Å². The Morgan fingerprint density at radius 1 is 1.53 bits per heavy atom. The van der Waals surface area contributed by atoms with Gasteiger partial charge in [-0.3, -0.25) is 10.1 Å². The van der Waals surface area contributed by atoms with Crippen molar-refractivity contribution >= 4 is 28.4 Å². The number of anilines is 1. The number of hydrogen-bond donors (Lipinski definition) is 2. The number of nitrogens with one attached hydrogen (secondary N) is 1. The number of aromatic nitrogens is 2. The fourth-order valence-corrected chi connectivity index (χ4v) is 1.64. The van der Waals surface area contributed by atoms with E-state index in [1.165, 1.54) is 12.1 Å². The summed E-state index contributed by atoms with van der Waals surface area (Å²) in [4.78, 5) is 21.1. The van der Waals surface area contributed by atoms with E-state index < -0.39 is 16.9 Å². The third kappa shape index (κ3) is 2.30. The molecule has 0 spiro atoms. The maximum atomic E-state index is 11.0. The van der Waals surface area contributed by atoms with Gasteiger partial charge in [-0.15, -0.1) is 0 Å². The van der Waals surface area contributed by atoms with Crippen molar-refractivity contribution in [3.8, 4) is 0 Å². The van der Waals surface area contributed by atoms with Gasteiger partial charge in [0.25, 0.3) is 0 Å². The molecular formula is C10H10N4O5. The Balaban J connectivity index is 2.46. The van der Waals surface area contributed by atoms with Crippen LogP contribution in [0.4, 0.5) is 11.4 Å². The second-order valence-electron chi connectivity index (χ2n) is 3.79. The van der Waals surface area contributed by atoms with E-state index in [9.17, 15) is 14.9 Å². The lowest BCUT2D eigenvalue weighted by molar-refractivity contribution is -0.383. The first-order valence-electron chi connectivity index (χ1n) is 5.43. The average molecular weight is 266 g/mol. The van der Waals surface area contributed by atoms with Crippen LogP contribution in [-0.4, -0.2) is 32.4 Å². The van der Waals surface area contributed by atoms with Crippen molar-refractivity contribution in [2.45, 2.75) is 19.4 Å². The van der Waals surface area contributed by atoms with E-state index in [4.69, 9.17) is 5.11 Å². The van der Waals surface area contributed by atoms with Crippen molar-refractivity contribution in [3.05, 3.63) is 22.2 Å². The van der Waals surface area contributed by atoms with Gasteiger partial charge >= 0.3 is 11.7 Å². The Hall–Kier alpha value is -2.71. The molecule has 9 nitrogen and oxygen atoms in total. The highest BCUT2D eigenvalue weighted by Gasteiger charge is 2.22. The minimum absolute atomic E-state index is 0.0183. The summed E-state index contributed by atoms with van der Waals surface area (Å²) < 4.78 is 4.48. The van der Waals surface area contributed by atoms with Gasteiger partial charge in [0.05, 0.1) is 10.6 Å². The van der Waals surface area contributed by atoms with Gasteiger partial charge in [-0.2, -0.15) is 0 Å². The molecule has 100 valence electrons. The fraction of sp³-hybridized carbons (Fsp3) is 0.300. The number of carboxylic acids is 1. The summed E-state index contributed by atoms with van der Waals surface area (Å²) in [7, 11) is 0. The predicted molar refractivity (Wildman–Crippen MR) is 63.8 cm³/mol. The van der Waals surface area contributed by atoms with Crippen molar-refractivity contribution in [2.24, 2.45) is 0 Å². The van der Waals surface area contributed by atoms with Crippen molar-refractivity contribution in [1.29, 1.82) is 0 Å². The summed E-state index contributed by atoms with van der Waals surface area (Å²) in [6, 6.07) is 1.79. The summed E-state index contributed by atoms with van der Waals surface area (Å²) in [6.45, 7) is 1.70. The number of hydrogen-bond acceptors (Lipinski definition) is 7. The highest BCUT2D eigenvalue weighted by molar-refractivity contribution is 5.94. The summed E-state index contributed by atoms with van der Waals surface area (Å²) in [5.41, 5.74) is 0.199. The third-order valence-electron chi connectivity index (χ3n) is 2.63.